The van der Waals surface area contributed by atoms with Gasteiger partial charge in [-0.2, -0.15) is 0 Å². The molecule has 0 bridgehead atoms. The van der Waals surface area contributed by atoms with E-state index in [4.69, 9.17) is 16.0 Å². The summed E-state index contributed by atoms with van der Waals surface area (Å²) in [5, 5.41) is 11.1. The first-order valence-electron chi connectivity index (χ1n) is 5.53. The van der Waals surface area contributed by atoms with E-state index in [1.165, 1.54) is 11.8 Å². The summed E-state index contributed by atoms with van der Waals surface area (Å²) in [6.45, 7) is 3.63. The Kier molecular flexibility index (Phi) is 4.44. The van der Waals surface area contributed by atoms with Gasteiger partial charge < -0.3 is 9.73 Å². The molecule has 100 valence electrons. The summed E-state index contributed by atoms with van der Waals surface area (Å²) in [5.41, 5.74) is 1.64. The normalized spacial score (nSPS) is 10.5. The van der Waals surface area contributed by atoms with Crippen molar-refractivity contribution in [3.63, 3.8) is 0 Å². The van der Waals surface area contributed by atoms with Crippen molar-refractivity contribution in [3.05, 3.63) is 34.7 Å². The molecule has 1 aromatic heterocycles. The van der Waals surface area contributed by atoms with Gasteiger partial charge in [0.05, 0.1) is 16.5 Å². The van der Waals surface area contributed by atoms with E-state index in [2.05, 4.69) is 15.5 Å². The number of halogens is 1. The molecule has 0 spiro atoms. The number of aromatic nitrogens is 2. The fourth-order valence-corrected chi connectivity index (χ4v) is 2.26. The van der Waals surface area contributed by atoms with E-state index < -0.39 is 0 Å². The largest absolute Gasteiger partial charge is 0.416 e. The van der Waals surface area contributed by atoms with Crippen LogP contribution in [0.4, 0.5) is 5.69 Å². The lowest BCUT2D eigenvalue weighted by Gasteiger charge is -2.06. The predicted molar refractivity (Wildman–Crippen MR) is 74.6 cm³/mol. The SMILES string of the molecule is Cc1ccc(NC(=O)CSc2nnc(C)o2)c(Cl)c1. The molecule has 2 aromatic rings. The van der Waals surface area contributed by atoms with Gasteiger partial charge in [0.2, 0.25) is 11.8 Å². The van der Waals surface area contributed by atoms with Crippen LogP contribution in [0.5, 0.6) is 0 Å². The summed E-state index contributed by atoms with van der Waals surface area (Å²) >= 11 is 7.21. The van der Waals surface area contributed by atoms with Crippen LogP contribution in [-0.2, 0) is 4.79 Å². The number of rotatable bonds is 4. The zero-order valence-electron chi connectivity index (χ0n) is 10.4. The van der Waals surface area contributed by atoms with E-state index in [9.17, 15) is 4.79 Å². The van der Waals surface area contributed by atoms with Crippen LogP contribution in [0.2, 0.25) is 5.02 Å². The lowest BCUT2D eigenvalue weighted by molar-refractivity contribution is -0.113. The number of hydrogen-bond acceptors (Lipinski definition) is 5. The van der Waals surface area contributed by atoms with E-state index in [0.29, 0.717) is 21.8 Å². The van der Waals surface area contributed by atoms with Gasteiger partial charge >= 0.3 is 0 Å². The minimum atomic E-state index is -0.174. The van der Waals surface area contributed by atoms with Gasteiger partial charge in [-0.25, -0.2) is 0 Å². The molecule has 5 nitrogen and oxygen atoms in total. The van der Waals surface area contributed by atoms with Crippen molar-refractivity contribution in [3.8, 4) is 0 Å². The highest BCUT2D eigenvalue weighted by molar-refractivity contribution is 7.99. The van der Waals surface area contributed by atoms with E-state index in [0.717, 1.165) is 5.56 Å². The third-order valence-electron chi connectivity index (χ3n) is 2.23. The highest BCUT2D eigenvalue weighted by Crippen LogP contribution is 2.23. The van der Waals surface area contributed by atoms with Crippen molar-refractivity contribution in [1.29, 1.82) is 0 Å². The van der Waals surface area contributed by atoms with Crippen molar-refractivity contribution in [2.24, 2.45) is 0 Å². The van der Waals surface area contributed by atoms with E-state index >= 15 is 0 Å². The second-order valence-electron chi connectivity index (χ2n) is 3.91. The zero-order valence-corrected chi connectivity index (χ0v) is 12.0. The average molecular weight is 298 g/mol. The van der Waals surface area contributed by atoms with E-state index in [1.807, 2.05) is 13.0 Å². The van der Waals surface area contributed by atoms with Crippen molar-refractivity contribution >= 4 is 35.0 Å². The van der Waals surface area contributed by atoms with E-state index in [-0.39, 0.29) is 11.7 Å². The number of nitrogens with one attached hydrogen (secondary N) is 1. The smallest absolute Gasteiger partial charge is 0.277 e. The Morgan fingerprint density at radius 2 is 2.21 bits per heavy atom. The lowest BCUT2D eigenvalue weighted by atomic mass is 10.2. The highest BCUT2D eigenvalue weighted by atomic mass is 35.5. The molecule has 0 aliphatic rings. The van der Waals surface area contributed by atoms with Crippen LogP contribution in [0, 0.1) is 13.8 Å². The average Bonchev–Trinajstić information content (AvgIpc) is 2.76. The summed E-state index contributed by atoms with van der Waals surface area (Å²) < 4.78 is 5.16. The fraction of sp³-hybridized carbons (Fsp3) is 0.250. The van der Waals surface area contributed by atoms with Gasteiger partial charge in [-0.3, -0.25) is 4.79 Å². The van der Waals surface area contributed by atoms with Gasteiger partial charge in [0.15, 0.2) is 0 Å². The Bertz CT molecular complexity index is 600. The number of amides is 1. The lowest BCUT2D eigenvalue weighted by Crippen LogP contribution is -2.14. The molecule has 0 atom stereocenters. The maximum Gasteiger partial charge on any atom is 0.277 e. The maximum absolute atomic E-state index is 11.7. The number of nitrogens with zero attached hydrogens (tertiary/aromatic N) is 2. The second kappa shape index (κ2) is 6.08. The monoisotopic (exact) mass is 297 g/mol. The van der Waals surface area contributed by atoms with Crippen LogP contribution in [0.1, 0.15) is 11.5 Å². The third kappa shape index (κ3) is 3.97. The first-order valence-corrected chi connectivity index (χ1v) is 6.90. The van der Waals surface area contributed by atoms with Crippen LogP contribution < -0.4 is 5.32 Å². The van der Waals surface area contributed by atoms with Gasteiger partial charge in [-0.05, 0) is 24.6 Å². The molecule has 1 aromatic carbocycles. The topological polar surface area (TPSA) is 68.0 Å². The van der Waals surface area contributed by atoms with Crippen LogP contribution in [0.3, 0.4) is 0 Å². The van der Waals surface area contributed by atoms with Gasteiger partial charge in [0.1, 0.15) is 0 Å². The molecule has 1 N–H and O–H groups in total. The third-order valence-corrected chi connectivity index (χ3v) is 3.36. The predicted octanol–water partition coefficient (Wildman–Crippen LogP) is 3.07. The Hall–Kier alpha value is -1.53. The molecule has 7 heteroatoms. The van der Waals surface area contributed by atoms with Crippen molar-refractivity contribution < 1.29 is 9.21 Å². The molecule has 0 fully saturated rings. The molecular weight excluding hydrogens is 286 g/mol. The number of carbonyl (C=O) groups excluding carboxylic acids is 1. The van der Waals surface area contributed by atoms with Crippen molar-refractivity contribution in [2.45, 2.75) is 19.1 Å². The number of thioether (sulfide) groups is 1. The molecule has 0 aliphatic carbocycles. The Balaban J connectivity index is 1.90. The Labute approximate surface area is 119 Å². The van der Waals surface area contributed by atoms with Crippen LogP contribution in [0.25, 0.3) is 0 Å². The Morgan fingerprint density at radius 3 is 2.84 bits per heavy atom. The Morgan fingerprint density at radius 1 is 1.42 bits per heavy atom. The molecule has 2 rings (SSSR count). The minimum Gasteiger partial charge on any atom is -0.416 e. The second-order valence-corrected chi connectivity index (χ2v) is 5.24. The molecule has 1 heterocycles. The number of aryl methyl sites for hydroxylation is 2. The maximum atomic E-state index is 11.7. The van der Waals surface area contributed by atoms with Gasteiger partial charge in [0.25, 0.3) is 5.22 Å². The number of benzene rings is 1. The fourth-order valence-electron chi connectivity index (χ4n) is 1.37. The summed E-state index contributed by atoms with van der Waals surface area (Å²) in [4.78, 5) is 11.7. The summed E-state index contributed by atoms with van der Waals surface area (Å²) in [5.74, 6) is 0.488. The van der Waals surface area contributed by atoms with Gasteiger partial charge in [0, 0.05) is 6.92 Å². The molecular formula is C12H12ClN3O2S. The molecule has 0 saturated heterocycles. The number of anilines is 1. The van der Waals surface area contributed by atoms with Crippen molar-refractivity contribution in [1.82, 2.24) is 10.2 Å². The van der Waals surface area contributed by atoms with Crippen LogP contribution in [-0.4, -0.2) is 21.9 Å². The number of hydrogen-bond donors (Lipinski definition) is 1. The van der Waals surface area contributed by atoms with Crippen LogP contribution in [0.15, 0.2) is 27.8 Å². The molecule has 0 saturated carbocycles. The molecule has 19 heavy (non-hydrogen) atoms. The van der Waals surface area contributed by atoms with Gasteiger partial charge in [-0.1, -0.05) is 29.4 Å². The molecule has 1 amide bonds. The molecule has 0 radical (unpaired) electrons. The van der Waals surface area contributed by atoms with Gasteiger partial charge in [-0.15, -0.1) is 10.2 Å². The first kappa shape index (κ1) is 13.9. The van der Waals surface area contributed by atoms with Crippen LogP contribution >= 0.6 is 23.4 Å². The quantitative estimate of drug-likeness (QED) is 0.878. The minimum absolute atomic E-state index is 0.174. The highest BCUT2D eigenvalue weighted by Gasteiger charge is 2.09. The summed E-state index contributed by atoms with van der Waals surface area (Å²) in [6, 6.07) is 5.46. The zero-order chi connectivity index (χ0) is 13.8. The van der Waals surface area contributed by atoms with Crippen molar-refractivity contribution in [2.75, 3.05) is 11.1 Å². The molecule has 0 aliphatic heterocycles. The number of carbonyl (C=O) groups is 1. The van der Waals surface area contributed by atoms with E-state index in [1.54, 1.807) is 19.1 Å². The molecule has 0 unspecified atom stereocenters. The standard InChI is InChI=1S/C12H12ClN3O2S/c1-7-3-4-10(9(13)5-7)14-11(17)6-19-12-16-15-8(2)18-12/h3-5H,6H2,1-2H3,(H,14,17). The summed E-state index contributed by atoms with van der Waals surface area (Å²) in [7, 11) is 0. The summed E-state index contributed by atoms with van der Waals surface area (Å²) in [6.07, 6.45) is 0. The first-order chi connectivity index (χ1) is 9.04.